The van der Waals surface area contributed by atoms with Crippen molar-refractivity contribution in [1.29, 1.82) is 5.41 Å². The molecule has 0 aromatic heterocycles. The van der Waals surface area contributed by atoms with Crippen molar-refractivity contribution in [2.45, 2.75) is 20.5 Å². The Hall–Kier alpha value is -3.59. The number of ether oxygens (including phenoxy) is 3. The van der Waals surface area contributed by atoms with Gasteiger partial charge in [-0.2, -0.15) is 0 Å². The Kier molecular flexibility index (Phi) is 7.76. The topological polar surface area (TPSA) is 144 Å². The van der Waals surface area contributed by atoms with Gasteiger partial charge in [0.2, 0.25) is 0 Å². The highest BCUT2D eigenvalue weighted by molar-refractivity contribution is 5.89. The van der Waals surface area contributed by atoms with Crippen LogP contribution in [-0.2, 0) is 20.9 Å². The molecule has 1 atom stereocenters. The van der Waals surface area contributed by atoms with E-state index in [0.29, 0.717) is 5.69 Å². The SMILES string of the molecule is Cc1ccc(COC(=O)OCC(C)(CO)C(=O)Oc2ccc(NC(=N)N)cc2)cc1. The summed E-state index contributed by atoms with van der Waals surface area (Å²) in [5.74, 6) is -0.779. The van der Waals surface area contributed by atoms with E-state index in [0.717, 1.165) is 11.1 Å². The van der Waals surface area contributed by atoms with Gasteiger partial charge >= 0.3 is 12.1 Å². The fourth-order valence-corrected chi connectivity index (χ4v) is 2.25. The van der Waals surface area contributed by atoms with E-state index in [9.17, 15) is 14.7 Å². The van der Waals surface area contributed by atoms with E-state index >= 15 is 0 Å². The van der Waals surface area contributed by atoms with E-state index in [1.807, 2.05) is 31.2 Å². The smallest absolute Gasteiger partial charge is 0.433 e. The van der Waals surface area contributed by atoms with Gasteiger partial charge in [0.15, 0.2) is 5.96 Å². The highest BCUT2D eigenvalue weighted by atomic mass is 16.7. The molecule has 0 aliphatic carbocycles. The molecule has 30 heavy (non-hydrogen) atoms. The molecule has 0 bridgehead atoms. The molecule has 5 N–H and O–H groups in total. The molecule has 0 saturated heterocycles. The number of guanidine groups is 1. The molecule has 0 amide bonds. The third-order valence-electron chi connectivity index (χ3n) is 4.17. The number of esters is 1. The quantitative estimate of drug-likeness (QED) is 0.223. The Bertz CT molecular complexity index is 883. The van der Waals surface area contributed by atoms with Gasteiger partial charge in [-0.1, -0.05) is 29.8 Å². The van der Waals surface area contributed by atoms with Gasteiger partial charge in [-0.25, -0.2) is 4.79 Å². The fraction of sp³-hybridized carbons (Fsp3) is 0.286. The first kappa shape index (κ1) is 22.7. The minimum atomic E-state index is -1.47. The number of aryl methyl sites for hydroxylation is 1. The number of benzene rings is 2. The van der Waals surface area contributed by atoms with Gasteiger partial charge in [-0.05, 0) is 43.7 Å². The largest absolute Gasteiger partial charge is 0.508 e. The van der Waals surface area contributed by atoms with Crippen LogP contribution in [0.5, 0.6) is 5.75 Å². The molecule has 0 heterocycles. The van der Waals surface area contributed by atoms with Crippen molar-refractivity contribution in [3.63, 3.8) is 0 Å². The summed E-state index contributed by atoms with van der Waals surface area (Å²) >= 11 is 0. The van der Waals surface area contributed by atoms with Crippen molar-refractivity contribution in [3.05, 3.63) is 59.7 Å². The van der Waals surface area contributed by atoms with Gasteiger partial charge in [0, 0.05) is 5.69 Å². The lowest BCUT2D eigenvalue weighted by atomic mass is 9.93. The first-order valence-electron chi connectivity index (χ1n) is 9.11. The third kappa shape index (κ3) is 6.78. The van der Waals surface area contributed by atoms with Crippen molar-refractivity contribution in [2.24, 2.45) is 11.1 Å². The van der Waals surface area contributed by atoms with Crippen LogP contribution in [0.3, 0.4) is 0 Å². The maximum absolute atomic E-state index is 12.5. The average Bonchev–Trinajstić information content (AvgIpc) is 2.72. The molecule has 2 rings (SSSR count). The Balaban J connectivity index is 1.87. The zero-order valence-corrected chi connectivity index (χ0v) is 16.8. The Morgan fingerprint density at radius 3 is 2.30 bits per heavy atom. The van der Waals surface area contributed by atoms with Crippen molar-refractivity contribution in [1.82, 2.24) is 0 Å². The first-order valence-corrected chi connectivity index (χ1v) is 9.11. The van der Waals surface area contributed by atoms with Crippen LogP contribution >= 0.6 is 0 Å². The molecule has 2 aromatic carbocycles. The highest BCUT2D eigenvalue weighted by Gasteiger charge is 2.37. The van der Waals surface area contributed by atoms with Crippen LogP contribution in [0.1, 0.15) is 18.1 Å². The first-order chi connectivity index (χ1) is 14.2. The van der Waals surface area contributed by atoms with Gasteiger partial charge in [0.05, 0.1) is 6.61 Å². The van der Waals surface area contributed by atoms with Crippen LogP contribution in [0.4, 0.5) is 10.5 Å². The molecule has 0 aliphatic heterocycles. The molecule has 0 saturated carbocycles. The van der Waals surface area contributed by atoms with E-state index < -0.39 is 30.8 Å². The number of nitrogens with one attached hydrogen (secondary N) is 2. The molecule has 0 radical (unpaired) electrons. The lowest BCUT2D eigenvalue weighted by Crippen LogP contribution is -2.40. The molecule has 9 nitrogen and oxygen atoms in total. The third-order valence-corrected chi connectivity index (χ3v) is 4.17. The Labute approximate surface area is 174 Å². The van der Waals surface area contributed by atoms with Crippen LogP contribution in [0.15, 0.2) is 48.5 Å². The number of hydrogen-bond donors (Lipinski definition) is 4. The molecular formula is C21H25N3O6. The minimum Gasteiger partial charge on any atom is -0.433 e. The maximum atomic E-state index is 12.5. The number of carbonyl (C=O) groups excluding carboxylic acids is 2. The number of nitrogens with two attached hydrogens (primary N) is 1. The molecular weight excluding hydrogens is 390 g/mol. The fourth-order valence-electron chi connectivity index (χ4n) is 2.25. The Morgan fingerprint density at radius 2 is 1.73 bits per heavy atom. The number of aliphatic hydroxyl groups excluding tert-OH is 1. The lowest BCUT2D eigenvalue weighted by molar-refractivity contribution is -0.150. The second-order valence-corrected chi connectivity index (χ2v) is 6.98. The summed E-state index contributed by atoms with van der Waals surface area (Å²) in [6.07, 6.45) is -0.956. The van der Waals surface area contributed by atoms with Gasteiger partial charge < -0.3 is 30.4 Å². The predicted molar refractivity (Wildman–Crippen MR) is 110 cm³/mol. The van der Waals surface area contributed by atoms with Gasteiger partial charge in [-0.15, -0.1) is 0 Å². The van der Waals surface area contributed by atoms with E-state index in [2.05, 4.69) is 5.32 Å². The molecule has 0 fully saturated rings. The van der Waals surface area contributed by atoms with Crippen molar-refractivity contribution in [2.75, 3.05) is 18.5 Å². The highest BCUT2D eigenvalue weighted by Crippen LogP contribution is 2.23. The maximum Gasteiger partial charge on any atom is 0.508 e. The predicted octanol–water partition coefficient (Wildman–Crippen LogP) is 2.56. The zero-order valence-electron chi connectivity index (χ0n) is 16.8. The Morgan fingerprint density at radius 1 is 1.10 bits per heavy atom. The van der Waals surface area contributed by atoms with E-state index in [1.54, 1.807) is 12.1 Å². The summed E-state index contributed by atoms with van der Waals surface area (Å²) in [5.41, 5.74) is 6.20. The summed E-state index contributed by atoms with van der Waals surface area (Å²) in [6.45, 7) is 2.37. The molecule has 9 heteroatoms. The van der Waals surface area contributed by atoms with E-state index in [1.165, 1.54) is 19.1 Å². The van der Waals surface area contributed by atoms with Gasteiger partial charge in [0.25, 0.3) is 0 Å². The monoisotopic (exact) mass is 415 g/mol. The molecule has 0 aliphatic rings. The summed E-state index contributed by atoms with van der Waals surface area (Å²) in [4.78, 5) is 24.3. The second-order valence-electron chi connectivity index (χ2n) is 6.98. The number of rotatable bonds is 8. The standard InChI is InChI=1S/C21H25N3O6/c1-14-3-5-15(6-4-14)11-28-20(27)29-13-21(2,12-25)18(26)30-17-9-7-16(8-10-17)24-19(22)23/h3-10,25H,11-13H2,1-2H3,(H4,22,23,24). The van der Waals surface area contributed by atoms with Crippen LogP contribution < -0.4 is 15.8 Å². The molecule has 1 unspecified atom stereocenters. The molecule has 0 spiro atoms. The number of carbonyl (C=O) groups is 2. The number of aliphatic hydroxyl groups is 1. The van der Waals surface area contributed by atoms with Crippen LogP contribution in [0.25, 0.3) is 0 Å². The van der Waals surface area contributed by atoms with Gasteiger partial charge in [0.1, 0.15) is 24.4 Å². The summed E-state index contributed by atoms with van der Waals surface area (Å²) < 4.78 is 15.3. The average molecular weight is 415 g/mol. The minimum absolute atomic E-state index is 0.0278. The van der Waals surface area contributed by atoms with E-state index in [4.69, 9.17) is 25.4 Å². The zero-order chi connectivity index (χ0) is 22.1. The van der Waals surface area contributed by atoms with Crippen LogP contribution in [-0.4, -0.2) is 36.4 Å². The number of anilines is 1. The molecule has 2 aromatic rings. The van der Waals surface area contributed by atoms with Crippen molar-refractivity contribution >= 4 is 23.8 Å². The lowest BCUT2D eigenvalue weighted by Gasteiger charge is -2.24. The number of hydrogen-bond acceptors (Lipinski definition) is 7. The summed E-state index contributed by atoms with van der Waals surface area (Å²) in [7, 11) is 0. The van der Waals surface area contributed by atoms with E-state index in [-0.39, 0.29) is 18.3 Å². The second kappa shape index (κ2) is 10.3. The van der Waals surface area contributed by atoms with Gasteiger partial charge in [-0.3, -0.25) is 10.2 Å². The summed E-state index contributed by atoms with van der Waals surface area (Å²) in [5, 5.41) is 19.4. The van der Waals surface area contributed by atoms with Crippen LogP contribution in [0.2, 0.25) is 0 Å². The van der Waals surface area contributed by atoms with Crippen LogP contribution in [0, 0.1) is 17.7 Å². The normalized spacial score (nSPS) is 12.4. The summed E-state index contributed by atoms with van der Waals surface area (Å²) in [6, 6.07) is 13.6. The molecule has 160 valence electrons. The van der Waals surface area contributed by atoms with Crippen molar-refractivity contribution in [3.8, 4) is 5.75 Å². The van der Waals surface area contributed by atoms with Crippen molar-refractivity contribution < 1.29 is 28.9 Å².